The third-order valence-corrected chi connectivity index (χ3v) is 3.32. The molecule has 0 aromatic carbocycles. The minimum Gasteiger partial charge on any atom is -0.387 e. The van der Waals surface area contributed by atoms with Gasteiger partial charge in [-0.2, -0.15) is 0 Å². The van der Waals surface area contributed by atoms with Crippen molar-refractivity contribution >= 4 is 0 Å². The second-order valence-corrected chi connectivity index (χ2v) is 3.98. The molecule has 1 aliphatic carbocycles. The van der Waals surface area contributed by atoms with Crippen LogP contribution in [0.1, 0.15) is 0 Å². The van der Waals surface area contributed by atoms with Crippen LogP contribution in [0.5, 0.6) is 0 Å². The van der Waals surface area contributed by atoms with Crippen LogP contribution in [-0.2, 0) is 23.7 Å². The van der Waals surface area contributed by atoms with Crippen LogP contribution < -0.4 is 0 Å². The van der Waals surface area contributed by atoms with Crippen molar-refractivity contribution in [3.63, 3.8) is 0 Å². The fourth-order valence-electron chi connectivity index (χ4n) is 2.62. The van der Waals surface area contributed by atoms with Crippen LogP contribution >= 0.6 is 0 Å². The van der Waals surface area contributed by atoms with Gasteiger partial charge in [-0.1, -0.05) is 0 Å². The minimum absolute atomic E-state index is 0.231. The highest BCUT2D eigenvalue weighted by Crippen LogP contribution is 2.41. The Labute approximate surface area is 87.0 Å². The van der Waals surface area contributed by atoms with Gasteiger partial charge in [0.1, 0.15) is 36.6 Å². The van der Waals surface area contributed by atoms with E-state index in [2.05, 4.69) is 0 Å². The summed E-state index contributed by atoms with van der Waals surface area (Å²) in [5.74, 6) is 0. The van der Waals surface area contributed by atoms with Crippen molar-refractivity contribution in [2.75, 3.05) is 14.2 Å². The largest absolute Gasteiger partial charge is 0.387 e. The fourth-order valence-corrected chi connectivity index (χ4v) is 2.62. The van der Waals surface area contributed by atoms with Gasteiger partial charge in [0.05, 0.1) is 0 Å². The molecule has 3 saturated heterocycles. The average molecular weight is 218 g/mol. The van der Waals surface area contributed by atoms with Gasteiger partial charge in [-0.3, -0.25) is 0 Å². The molecule has 4 bridgehead atoms. The van der Waals surface area contributed by atoms with Gasteiger partial charge < -0.3 is 28.8 Å². The van der Waals surface area contributed by atoms with Gasteiger partial charge in [-0.25, -0.2) is 0 Å². The summed E-state index contributed by atoms with van der Waals surface area (Å²) in [6.07, 6.45) is -2.34. The molecule has 4 aliphatic rings. The number of methoxy groups -OCH3 is 2. The van der Waals surface area contributed by atoms with Crippen molar-refractivity contribution in [3.8, 4) is 0 Å². The highest BCUT2D eigenvalue weighted by molar-refractivity contribution is 5.06. The lowest BCUT2D eigenvalue weighted by Gasteiger charge is -2.57. The number of rotatable bonds is 2. The highest BCUT2D eigenvalue weighted by atomic mass is 16.9. The van der Waals surface area contributed by atoms with E-state index in [1.165, 1.54) is 0 Å². The molecule has 6 nitrogen and oxygen atoms in total. The number of ether oxygens (including phenoxy) is 5. The first kappa shape index (κ1) is 9.95. The Kier molecular flexibility index (Phi) is 2.24. The van der Waals surface area contributed by atoms with Gasteiger partial charge in [-0.15, -0.1) is 0 Å². The minimum atomic E-state index is -0.726. The molecular formula is C9H14O6. The van der Waals surface area contributed by atoms with Crippen LogP contribution in [0, 0.1) is 0 Å². The van der Waals surface area contributed by atoms with E-state index in [9.17, 15) is 5.11 Å². The monoisotopic (exact) mass is 218 g/mol. The first-order valence-electron chi connectivity index (χ1n) is 4.96. The molecule has 1 saturated carbocycles. The van der Waals surface area contributed by atoms with Gasteiger partial charge >= 0.3 is 0 Å². The molecule has 6 unspecified atom stereocenters. The van der Waals surface area contributed by atoms with E-state index in [4.69, 9.17) is 23.7 Å². The molecule has 0 amide bonds. The quantitative estimate of drug-likeness (QED) is 0.632. The van der Waals surface area contributed by atoms with Crippen molar-refractivity contribution in [1.82, 2.24) is 0 Å². The number of hydrogen-bond donors (Lipinski definition) is 1. The van der Waals surface area contributed by atoms with E-state index >= 15 is 0 Å². The number of hydrogen-bond acceptors (Lipinski definition) is 6. The molecule has 0 spiro atoms. The Morgan fingerprint density at radius 3 is 1.80 bits per heavy atom. The smallest absolute Gasteiger partial charge is 0.272 e. The zero-order valence-corrected chi connectivity index (χ0v) is 8.53. The standard InChI is InChI=1S/C9H14O6/c1-11-6-4-3(10)5-7(12-2)8(6)15-9(13-4)14-5/h3-10H,1-2H3/t3?,4-,5?,6?,7?,8?,9?/m0/s1. The molecule has 0 aromatic rings. The summed E-state index contributed by atoms with van der Waals surface area (Å²) in [5.41, 5.74) is 0. The molecule has 3 aliphatic heterocycles. The fraction of sp³-hybridized carbons (Fsp3) is 1.00. The SMILES string of the molecule is COC1C2OC3OC1C(OC)[C@@H](O3)C2O. The normalized spacial score (nSPS) is 57.4. The Morgan fingerprint density at radius 1 is 0.867 bits per heavy atom. The Morgan fingerprint density at radius 2 is 1.33 bits per heavy atom. The maximum absolute atomic E-state index is 9.96. The number of aliphatic hydroxyl groups excluding tert-OH is 1. The molecule has 86 valence electrons. The summed E-state index contributed by atoms with van der Waals surface area (Å²) >= 11 is 0. The van der Waals surface area contributed by atoms with Crippen molar-refractivity contribution in [1.29, 1.82) is 0 Å². The topological polar surface area (TPSA) is 66.4 Å². The molecule has 0 aromatic heterocycles. The summed E-state index contributed by atoms with van der Waals surface area (Å²) < 4.78 is 26.8. The van der Waals surface area contributed by atoms with Gasteiger partial charge in [0.25, 0.3) is 6.48 Å². The summed E-state index contributed by atoms with van der Waals surface area (Å²) in [5, 5.41) is 9.96. The van der Waals surface area contributed by atoms with E-state index < -0.39 is 12.6 Å². The van der Waals surface area contributed by atoms with E-state index in [0.717, 1.165) is 0 Å². The second kappa shape index (κ2) is 3.38. The summed E-state index contributed by atoms with van der Waals surface area (Å²) in [4.78, 5) is 0. The molecule has 0 radical (unpaired) electrons. The third kappa shape index (κ3) is 1.20. The molecule has 7 atom stereocenters. The predicted molar refractivity (Wildman–Crippen MR) is 46.0 cm³/mol. The van der Waals surface area contributed by atoms with Crippen LogP contribution in [0.15, 0.2) is 0 Å². The molecule has 4 rings (SSSR count). The van der Waals surface area contributed by atoms with Crippen molar-refractivity contribution in [2.45, 2.75) is 43.1 Å². The van der Waals surface area contributed by atoms with E-state index in [-0.39, 0.29) is 30.5 Å². The van der Waals surface area contributed by atoms with Gasteiger partial charge in [0, 0.05) is 14.2 Å². The van der Waals surface area contributed by atoms with E-state index in [0.29, 0.717) is 0 Å². The molecular weight excluding hydrogens is 204 g/mol. The van der Waals surface area contributed by atoms with Crippen LogP contribution in [-0.4, -0.2) is 62.4 Å². The molecule has 15 heavy (non-hydrogen) atoms. The first-order chi connectivity index (χ1) is 7.26. The molecule has 6 heteroatoms. The van der Waals surface area contributed by atoms with Gasteiger partial charge in [-0.05, 0) is 0 Å². The predicted octanol–water partition coefficient (Wildman–Crippen LogP) is -1.14. The van der Waals surface area contributed by atoms with Crippen molar-refractivity contribution < 1.29 is 28.8 Å². The summed E-state index contributed by atoms with van der Waals surface area (Å²) in [7, 11) is 3.14. The van der Waals surface area contributed by atoms with Crippen LogP contribution in [0.2, 0.25) is 0 Å². The van der Waals surface area contributed by atoms with Crippen molar-refractivity contribution in [3.05, 3.63) is 0 Å². The maximum Gasteiger partial charge on any atom is 0.272 e. The highest BCUT2D eigenvalue weighted by Gasteiger charge is 2.62. The summed E-state index contributed by atoms with van der Waals surface area (Å²) in [6.45, 7) is -0.689. The lowest BCUT2D eigenvalue weighted by Crippen LogP contribution is -2.75. The van der Waals surface area contributed by atoms with Crippen LogP contribution in [0.25, 0.3) is 0 Å². The number of aliphatic hydroxyl groups is 1. The average Bonchev–Trinajstić information content (AvgIpc) is 2.25. The zero-order valence-electron chi connectivity index (χ0n) is 8.53. The third-order valence-electron chi connectivity index (χ3n) is 3.32. The zero-order chi connectivity index (χ0) is 10.6. The van der Waals surface area contributed by atoms with Crippen LogP contribution in [0.3, 0.4) is 0 Å². The summed E-state index contributed by atoms with van der Waals surface area (Å²) in [6, 6.07) is 0. The second-order valence-electron chi connectivity index (χ2n) is 3.98. The van der Waals surface area contributed by atoms with Crippen molar-refractivity contribution in [2.24, 2.45) is 0 Å². The Hall–Kier alpha value is -0.240. The molecule has 4 fully saturated rings. The van der Waals surface area contributed by atoms with Crippen LogP contribution in [0.4, 0.5) is 0 Å². The Balaban J connectivity index is 1.92. The lowest BCUT2D eigenvalue weighted by molar-refractivity contribution is -0.483. The van der Waals surface area contributed by atoms with Gasteiger partial charge in [0.15, 0.2) is 0 Å². The van der Waals surface area contributed by atoms with E-state index in [1.807, 2.05) is 0 Å². The molecule has 3 heterocycles. The first-order valence-corrected chi connectivity index (χ1v) is 4.96. The van der Waals surface area contributed by atoms with Gasteiger partial charge in [0.2, 0.25) is 0 Å². The molecule has 1 N–H and O–H groups in total. The Bertz CT molecular complexity index is 237. The maximum atomic E-state index is 9.96. The van der Waals surface area contributed by atoms with E-state index in [1.54, 1.807) is 14.2 Å². The lowest BCUT2D eigenvalue weighted by atomic mass is 9.82.